The maximum Gasteiger partial charge on any atom is 0.184 e. The van der Waals surface area contributed by atoms with E-state index in [0.717, 1.165) is 33.3 Å². The molecule has 104 valence electrons. The van der Waals surface area contributed by atoms with Crippen LogP contribution in [-0.4, -0.2) is 24.3 Å². The van der Waals surface area contributed by atoms with E-state index in [-0.39, 0.29) is 0 Å². The number of aromatic nitrogens is 5. The monoisotopic (exact) mass is 295 g/mol. The van der Waals surface area contributed by atoms with Crippen LogP contribution in [-0.2, 0) is 7.05 Å². The zero-order valence-electron chi connectivity index (χ0n) is 11.7. The minimum absolute atomic E-state index is 0.664. The topological polar surface area (TPSA) is 51.4 Å². The van der Waals surface area contributed by atoms with Crippen LogP contribution in [0.15, 0.2) is 36.7 Å². The summed E-state index contributed by atoms with van der Waals surface area (Å²) < 4.78 is 4.54. The van der Waals surface area contributed by atoms with Crippen molar-refractivity contribution in [2.75, 3.05) is 0 Å². The van der Waals surface area contributed by atoms with E-state index in [1.165, 1.54) is 0 Å². The van der Waals surface area contributed by atoms with Gasteiger partial charge >= 0.3 is 0 Å². The van der Waals surface area contributed by atoms with Crippen molar-refractivity contribution < 1.29 is 0 Å². The molecule has 0 amide bonds. The molecule has 6 heteroatoms. The molecule has 4 rings (SSSR count). The van der Waals surface area contributed by atoms with Crippen LogP contribution in [0.1, 0.15) is 5.69 Å². The summed E-state index contributed by atoms with van der Waals surface area (Å²) in [6.45, 7) is 1.97. The van der Waals surface area contributed by atoms with Crippen molar-refractivity contribution in [3.8, 4) is 5.69 Å². The van der Waals surface area contributed by atoms with Crippen LogP contribution in [0.4, 0.5) is 0 Å². The first-order valence-electron chi connectivity index (χ1n) is 6.64. The van der Waals surface area contributed by atoms with Crippen molar-refractivity contribution >= 4 is 34.2 Å². The quantitative estimate of drug-likeness (QED) is 0.548. The van der Waals surface area contributed by atoms with E-state index in [0.29, 0.717) is 4.77 Å². The number of fused-ring (bicyclic) bond motifs is 2. The fraction of sp³-hybridized carbons (Fsp3) is 0.133. The van der Waals surface area contributed by atoms with Gasteiger partial charge in [0.2, 0.25) is 0 Å². The van der Waals surface area contributed by atoms with Crippen LogP contribution in [0, 0.1) is 11.7 Å². The summed E-state index contributed by atoms with van der Waals surface area (Å²) in [5.74, 6) is 0. The molecule has 4 aromatic rings. The fourth-order valence-corrected chi connectivity index (χ4v) is 3.11. The van der Waals surface area contributed by atoms with Gasteiger partial charge in [-0.2, -0.15) is 5.10 Å². The Hall–Kier alpha value is -2.47. The molecule has 0 bridgehead atoms. The summed E-state index contributed by atoms with van der Waals surface area (Å²) in [5.41, 5.74) is 3.90. The van der Waals surface area contributed by atoms with E-state index in [1.54, 1.807) is 6.20 Å². The molecule has 3 heterocycles. The summed E-state index contributed by atoms with van der Waals surface area (Å²) in [7, 11) is 1.93. The van der Waals surface area contributed by atoms with Gasteiger partial charge in [0.15, 0.2) is 10.4 Å². The minimum atomic E-state index is 0.664. The third kappa shape index (κ3) is 1.66. The lowest BCUT2D eigenvalue weighted by Crippen LogP contribution is -2.01. The van der Waals surface area contributed by atoms with Crippen LogP contribution in [0.25, 0.3) is 27.6 Å². The molecule has 0 aliphatic heterocycles. The first-order valence-corrected chi connectivity index (χ1v) is 7.05. The SMILES string of the molecule is Cc1nn(C)c2c1[nH]c(=S)n2-c1cccc2ccncc12. The molecule has 21 heavy (non-hydrogen) atoms. The van der Waals surface area contributed by atoms with E-state index in [4.69, 9.17) is 12.2 Å². The highest BCUT2D eigenvalue weighted by Crippen LogP contribution is 2.26. The van der Waals surface area contributed by atoms with Gasteiger partial charge in [-0.3, -0.25) is 9.55 Å². The first-order chi connectivity index (χ1) is 10.2. The standard InChI is InChI=1S/C15H13N5S/c1-9-13-14(19(2)18-9)20(15(21)17-13)12-5-3-4-10-6-7-16-8-11(10)12/h3-8H,1-2H3,(H,17,21). The number of aromatic amines is 1. The highest BCUT2D eigenvalue weighted by molar-refractivity contribution is 7.71. The maximum absolute atomic E-state index is 5.52. The molecule has 0 aliphatic carbocycles. The van der Waals surface area contributed by atoms with Gasteiger partial charge in [0, 0.05) is 24.8 Å². The number of nitrogens with zero attached hydrogens (tertiary/aromatic N) is 4. The largest absolute Gasteiger partial charge is 0.327 e. The Morgan fingerprint density at radius 2 is 2.10 bits per heavy atom. The van der Waals surface area contributed by atoms with E-state index in [1.807, 2.05) is 41.5 Å². The third-order valence-corrected chi connectivity index (χ3v) is 4.02. The average molecular weight is 295 g/mol. The van der Waals surface area contributed by atoms with Gasteiger partial charge in [-0.05, 0) is 36.7 Å². The summed E-state index contributed by atoms with van der Waals surface area (Å²) in [6.07, 6.45) is 3.67. The van der Waals surface area contributed by atoms with Gasteiger partial charge in [-0.15, -0.1) is 0 Å². The molecule has 0 spiro atoms. The van der Waals surface area contributed by atoms with E-state index >= 15 is 0 Å². The molecule has 0 unspecified atom stereocenters. The van der Waals surface area contributed by atoms with Crippen LogP contribution in [0.5, 0.6) is 0 Å². The van der Waals surface area contributed by atoms with Crippen LogP contribution in [0.3, 0.4) is 0 Å². The number of hydrogen-bond acceptors (Lipinski definition) is 3. The number of pyridine rings is 1. The van der Waals surface area contributed by atoms with E-state index < -0.39 is 0 Å². The number of aryl methyl sites for hydroxylation is 2. The van der Waals surface area contributed by atoms with Gasteiger partial charge in [0.25, 0.3) is 0 Å². The highest BCUT2D eigenvalue weighted by atomic mass is 32.1. The number of benzene rings is 1. The first kappa shape index (κ1) is 12.3. The lowest BCUT2D eigenvalue weighted by Gasteiger charge is -2.08. The van der Waals surface area contributed by atoms with Gasteiger partial charge in [0.1, 0.15) is 5.52 Å². The number of nitrogens with one attached hydrogen (secondary N) is 1. The summed E-state index contributed by atoms with van der Waals surface area (Å²) in [6, 6.07) is 8.15. The molecular formula is C15H13N5S. The Morgan fingerprint density at radius 1 is 1.24 bits per heavy atom. The number of hydrogen-bond donors (Lipinski definition) is 1. The van der Waals surface area contributed by atoms with Gasteiger partial charge in [-0.1, -0.05) is 12.1 Å². The zero-order chi connectivity index (χ0) is 14.6. The molecule has 5 nitrogen and oxygen atoms in total. The highest BCUT2D eigenvalue weighted by Gasteiger charge is 2.15. The lowest BCUT2D eigenvalue weighted by atomic mass is 10.1. The molecule has 0 atom stereocenters. The van der Waals surface area contributed by atoms with Crippen molar-refractivity contribution in [3.63, 3.8) is 0 Å². The molecule has 0 radical (unpaired) electrons. The molecule has 0 fully saturated rings. The molecule has 0 saturated heterocycles. The van der Waals surface area contributed by atoms with Gasteiger partial charge in [0.05, 0.1) is 11.4 Å². The van der Waals surface area contributed by atoms with Crippen molar-refractivity contribution in [2.24, 2.45) is 7.05 Å². The molecule has 1 N–H and O–H groups in total. The lowest BCUT2D eigenvalue weighted by molar-refractivity contribution is 0.760. The van der Waals surface area contributed by atoms with Crippen molar-refractivity contribution in [1.82, 2.24) is 24.3 Å². The number of imidazole rings is 1. The van der Waals surface area contributed by atoms with Crippen molar-refractivity contribution in [1.29, 1.82) is 0 Å². The second kappa shape index (κ2) is 4.26. The summed E-state index contributed by atoms with van der Waals surface area (Å²) in [5, 5.41) is 6.66. The van der Waals surface area contributed by atoms with Crippen LogP contribution < -0.4 is 0 Å². The van der Waals surface area contributed by atoms with E-state index in [9.17, 15) is 0 Å². The average Bonchev–Trinajstić information content (AvgIpc) is 2.96. The van der Waals surface area contributed by atoms with Crippen LogP contribution >= 0.6 is 12.2 Å². The van der Waals surface area contributed by atoms with Crippen molar-refractivity contribution in [2.45, 2.75) is 6.92 Å². The smallest absolute Gasteiger partial charge is 0.184 e. The molecule has 0 saturated carbocycles. The summed E-state index contributed by atoms with van der Waals surface area (Å²) in [4.78, 5) is 7.49. The molecule has 3 aromatic heterocycles. The van der Waals surface area contributed by atoms with Crippen LogP contribution in [0.2, 0.25) is 0 Å². The van der Waals surface area contributed by atoms with Crippen molar-refractivity contribution in [3.05, 3.63) is 47.1 Å². The minimum Gasteiger partial charge on any atom is -0.327 e. The maximum atomic E-state index is 5.52. The molecule has 1 aromatic carbocycles. The summed E-state index contributed by atoms with van der Waals surface area (Å²) >= 11 is 5.52. The predicted molar refractivity (Wildman–Crippen MR) is 85.3 cm³/mol. The second-order valence-electron chi connectivity index (χ2n) is 5.05. The van der Waals surface area contributed by atoms with Gasteiger partial charge < -0.3 is 4.98 Å². The third-order valence-electron chi connectivity index (χ3n) is 3.74. The molecule has 0 aliphatic rings. The predicted octanol–water partition coefficient (Wildman–Crippen LogP) is 3.28. The van der Waals surface area contributed by atoms with Gasteiger partial charge in [-0.25, -0.2) is 4.68 Å². The van der Waals surface area contributed by atoms with E-state index in [2.05, 4.69) is 27.2 Å². The second-order valence-corrected chi connectivity index (χ2v) is 5.43. The fourth-order valence-electron chi connectivity index (χ4n) is 2.82. The number of rotatable bonds is 1. The Kier molecular flexibility index (Phi) is 2.49. The molecular weight excluding hydrogens is 282 g/mol. The Labute approximate surface area is 125 Å². The Balaban J connectivity index is 2.19. The normalized spacial score (nSPS) is 11.5. The Morgan fingerprint density at radius 3 is 2.95 bits per heavy atom. The Bertz CT molecular complexity index is 1030. The zero-order valence-corrected chi connectivity index (χ0v) is 12.5. The number of H-pyrrole nitrogens is 1.